The van der Waals surface area contributed by atoms with Gasteiger partial charge in [0.15, 0.2) is 0 Å². The standard InChI is InChI=1S/C33H40F2N2O4.C29H32F2N2O4.C23H31F2NO3.C10H8BrNO/c1-33(2,3)41-32(39)26-19-37(22-15-21(16-22)31-27(34)8-6-9-28(31)35)14-13-20(26)11-12-30(38)24-7-5-10-29-25(24)17-23(40-4)18-36-29;1-37-20-14-22-21(4-2-7-26(22)32-15-20)27(34)9-8-17-10-11-33(16-23(17)29(35)36)19-12-18(13-19)28-24(30)5-3-6-25(28)31;1-23(2,3)29-22(28)18-14-26(10-9-15(18)6-5-11-27)17-12-16(13-17)21-19(24)7-4-8-20(21)25;1-13-7-5-8-9(11)3-2-4-10(8)12-6-7/h5-10,17-18,20-22,26,30,38H,11-16,19H2,1-4H3;2-7,14-15,17-19,23,27,34H,8-13,16H2,1H3,(H,35,36);4,7-8,11,15-18H,5-6,9-10,12-14H2,1-3H3;2-6H,1H3/t20-,21?,22?,26+,30?;17-,18?,19?,23+,27?;15-,16?,17?,18+;/m111./s1. The lowest BCUT2D eigenvalue weighted by Gasteiger charge is -2.48. The van der Waals surface area contributed by atoms with Crippen LogP contribution in [-0.4, -0.2) is 159 Å². The Kier molecular flexibility index (Phi) is 30.2. The van der Waals surface area contributed by atoms with E-state index < -0.39 is 70.2 Å². The minimum absolute atomic E-state index is 0.0501. The van der Waals surface area contributed by atoms with E-state index in [9.17, 15) is 60.8 Å². The third kappa shape index (κ3) is 22.2. The molecule has 3 aliphatic carbocycles. The molecule has 18 nitrogen and oxygen atoms in total. The predicted molar refractivity (Wildman–Crippen MR) is 451 cm³/mol. The molecule has 0 bridgehead atoms. The number of aliphatic hydroxyl groups is 2. The molecule has 8 atom stereocenters. The largest absolute Gasteiger partial charge is 0.495 e. The number of carbonyl (C=O) groups excluding carboxylic acids is 3. The van der Waals surface area contributed by atoms with Crippen LogP contribution >= 0.6 is 15.9 Å². The van der Waals surface area contributed by atoms with Gasteiger partial charge in [-0.2, -0.15) is 0 Å². The summed E-state index contributed by atoms with van der Waals surface area (Å²) in [4.78, 5) is 69.0. The molecule has 6 aromatic carbocycles. The monoisotopic (exact) mass is 1720 g/mol. The summed E-state index contributed by atoms with van der Waals surface area (Å²) >= 11 is 3.46. The Morgan fingerprint density at radius 1 is 0.467 bits per heavy atom. The van der Waals surface area contributed by atoms with Crippen molar-refractivity contribution in [2.75, 3.05) is 60.6 Å². The number of fused-ring (bicyclic) bond motifs is 3. The maximum absolute atomic E-state index is 14.3. The zero-order valence-electron chi connectivity index (χ0n) is 69.7. The van der Waals surface area contributed by atoms with E-state index in [1.807, 2.05) is 114 Å². The van der Waals surface area contributed by atoms with Crippen LogP contribution in [0.1, 0.15) is 196 Å². The van der Waals surface area contributed by atoms with E-state index in [-0.39, 0.29) is 94.1 Å². The average Bonchev–Trinajstić information content (AvgIpc) is 0.780. The van der Waals surface area contributed by atoms with Crippen molar-refractivity contribution < 1.29 is 84.5 Å². The summed E-state index contributed by atoms with van der Waals surface area (Å²) in [7, 11) is 4.80. The number of aliphatic hydroxyl groups excluding tert-OH is 2. The number of aldehydes is 1. The minimum atomic E-state index is -0.834. The second kappa shape index (κ2) is 40.3. The minimum Gasteiger partial charge on any atom is -0.495 e. The molecule has 15 rings (SSSR count). The predicted octanol–water partition coefficient (Wildman–Crippen LogP) is 19.3. The second-order valence-electron chi connectivity index (χ2n) is 34.9. The number of nitrogens with zero attached hydrogens (tertiary/aromatic N) is 6. The number of rotatable bonds is 23. The molecule has 9 aromatic rings. The first-order chi connectivity index (χ1) is 57.4. The number of carboxylic acid groups (broad SMARTS) is 1. The van der Waals surface area contributed by atoms with Crippen molar-refractivity contribution in [1.29, 1.82) is 0 Å². The van der Waals surface area contributed by atoms with Gasteiger partial charge in [0, 0.05) is 81.5 Å². The highest BCUT2D eigenvalue weighted by atomic mass is 79.9. The van der Waals surface area contributed by atoms with Crippen LogP contribution in [0.2, 0.25) is 0 Å². The number of likely N-dealkylation sites (tertiary alicyclic amines) is 3. The maximum atomic E-state index is 14.3. The van der Waals surface area contributed by atoms with Gasteiger partial charge in [0.2, 0.25) is 0 Å². The fourth-order valence-electron chi connectivity index (χ4n) is 18.4. The first-order valence-corrected chi connectivity index (χ1v) is 42.6. The Hall–Kier alpha value is -9.11. The van der Waals surface area contributed by atoms with Gasteiger partial charge in [0.25, 0.3) is 0 Å². The molecule has 2 unspecified atom stereocenters. The summed E-state index contributed by atoms with van der Waals surface area (Å²) < 4.78 is 113. The van der Waals surface area contributed by atoms with Crippen LogP contribution < -0.4 is 14.2 Å². The van der Waals surface area contributed by atoms with E-state index in [0.717, 1.165) is 92.8 Å². The number of aliphatic carboxylic acids is 1. The highest BCUT2D eigenvalue weighted by Gasteiger charge is 2.47. The summed E-state index contributed by atoms with van der Waals surface area (Å²) in [5.74, 6) is -3.66. The second-order valence-corrected chi connectivity index (χ2v) is 35.8. The molecule has 6 fully saturated rings. The smallest absolute Gasteiger partial charge is 0.311 e. The topological polar surface area (TPSA) is 224 Å². The quantitative estimate of drug-likeness (QED) is 0.0308. The molecule has 3 aliphatic heterocycles. The molecule has 3 saturated carbocycles. The molecule has 0 spiro atoms. The number of carboxylic acids is 1. The summed E-state index contributed by atoms with van der Waals surface area (Å²) in [5.41, 5.74) is 3.43. The van der Waals surface area contributed by atoms with Crippen molar-refractivity contribution in [3.05, 3.63) is 213 Å². The SMILES string of the molecule is CC(C)(C)OC(=O)[C@H]1CN(C2CC(c3c(F)cccc3F)C2)CC[C@H]1CCC=O.COc1cnc2cccc(Br)c2c1.COc1cnc2cccc(C(O)CC[C@@H]3CCN(C4CC(c5c(F)cccc5F)C4)C[C@@H]3C(=O)O)c2c1.COc1cnc2cccc(C(O)CC[C@@H]3CCN(C4CC(c5c(F)cccc5F)C4)C[C@@H]3C(=O)OC(C)(C)C)c2c1. The molecule has 3 N–H and O–H groups in total. The van der Waals surface area contributed by atoms with Gasteiger partial charge in [-0.3, -0.25) is 44.0 Å². The molecule has 25 heteroatoms. The zero-order chi connectivity index (χ0) is 85.9. The molecular formula is C95H111BrF6N6O12. The summed E-state index contributed by atoms with van der Waals surface area (Å²) in [6.45, 7) is 15.1. The van der Waals surface area contributed by atoms with Crippen molar-refractivity contribution in [3.8, 4) is 17.2 Å². The maximum Gasteiger partial charge on any atom is 0.311 e. The third-order valence-electron chi connectivity index (χ3n) is 25.0. The molecule has 6 heterocycles. The first kappa shape index (κ1) is 90.1. The van der Waals surface area contributed by atoms with Gasteiger partial charge in [-0.05, 0) is 277 Å². The van der Waals surface area contributed by atoms with E-state index in [0.29, 0.717) is 115 Å². The molecule has 642 valence electrons. The Morgan fingerprint density at radius 3 is 1.11 bits per heavy atom. The normalized spacial score (nSPS) is 23.8. The van der Waals surface area contributed by atoms with Gasteiger partial charge < -0.3 is 43.8 Å². The van der Waals surface area contributed by atoms with E-state index >= 15 is 0 Å². The molecule has 3 saturated heterocycles. The highest BCUT2D eigenvalue weighted by molar-refractivity contribution is 9.10. The van der Waals surface area contributed by atoms with E-state index in [1.54, 1.807) is 39.9 Å². The lowest BCUT2D eigenvalue weighted by atomic mass is 9.72. The number of pyridine rings is 3. The van der Waals surface area contributed by atoms with Gasteiger partial charge in [0.05, 0.1) is 86.4 Å². The van der Waals surface area contributed by atoms with Gasteiger partial charge in [-0.1, -0.05) is 64.5 Å². The molecule has 0 amide bonds. The van der Waals surface area contributed by atoms with Crippen molar-refractivity contribution in [1.82, 2.24) is 29.7 Å². The number of carbonyl (C=O) groups is 4. The Bertz CT molecular complexity index is 4980. The summed E-state index contributed by atoms with van der Waals surface area (Å²) in [6, 6.07) is 35.5. The van der Waals surface area contributed by atoms with Crippen LogP contribution in [0.25, 0.3) is 32.7 Å². The van der Waals surface area contributed by atoms with Crippen molar-refractivity contribution in [2.24, 2.45) is 35.5 Å². The van der Waals surface area contributed by atoms with Crippen molar-refractivity contribution in [3.63, 3.8) is 0 Å². The lowest BCUT2D eigenvalue weighted by molar-refractivity contribution is -0.166. The number of ether oxygens (including phenoxy) is 5. The van der Waals surface area contributed by atoms with Gasteiger partial charge >= 0.3 is 17.9 Å². The van der Waals surface area contributed by atoms with E-state index in [4.69, 9.17) is 23.7 Å². The molecule has 120 heavy (non-hydrogen) atoms. The van der Waals surface area contributed by atoms with Gasteiger partial charge in [-0.25, -0.2) is 26.3 Å². The fraction of sp³-hybridized carbons (Fsp3) is 0.484. The zero-order valence-corrected chi connectivity index (χ0v) is 71.3. The van der Waals surface area contributed by atoms with Crippen LogP contribution in [0.5, 0.6) is 17.2 Å². The van der Waals surface area contributed by atoms with Gasteiger partial charge in [0.1, 0.15) is 69.6 Å². The number of esters is 2. The highest BCUT2D eigenvalue weighted by Crippen LogP contribution is 2.49. The van der Waals surface area contributed by atoms with Gasteiger partial charge in [-0.15, -0.1) is 0 Å². The number of piperidine rings is 3. The molecule has 3 aromatic heterocycles. The van der Waals surface area contributed by atoms with E-state index in [2.05, 4.69) is 45.6 Å². The number of hydrogen-bond acceptors (Lipinski definition) is 17. The van der Waals surface area contributed by atoms with Crippen LogP contribution in [0.4, 0.5) is 26.3 Å². The Labute approximate surface area is 706 Å². The van der Waals surface area contributed by atoms with Crippen molar-refractivity contribution in [2.45, 2.75) is 197 Å². The lowest BCUT2D eigenvalue weighted by Crippen LogP contribution is -2.53. The Morgan fingerprint density at radius 2 is 0.775 bits per heavy atom. The van der Waals surface area contributed by atoms with Crippen LogP contribution in [-0.2, 0) is 28.7 Å². The van der Waals surface area contributed by atoms with Crippen molar-refractivity contribution >= 4 is 72.8 Å². The van der Waals surface area contributed by atoms with E-state index in [1.165, 1.54) is 54.6 Å². The number of hydrogen-bond donors (Lipinski definition) is 3. The number of methoxy groups -OCH3 is 3. The Balaban J connectivity index is 0.000000155. The third-order valence-corrected chi connectivity index (χ3v) is 25.7. The summed E-state index contributed by atoms with van der Waals surface area (Å²) in [6.07, 6.45) is 14.1. The van der Waals surface area contributed by atoms with Crippen LogP contribution in [0.15, 0.2) is 150 Å². The number of benzene rings is 6. The first-order valence-electron chi connectivity index (χ1n) is 41.9. The molecule has 0 radical (unpaired) electrons. The number of aromatic nitrogens is 3. The fourth-order valence-corrected chi connectivity index (χ4v) is 18.9. The molecular weight excluding hydrogens is 1610 g/mol. The number of halogens is 7. The molecule has 6 aliphatic rings. The average molecular weight is 1720 g/mol. The van der Waals surface area contributed by atoms with Crippen LogP contribution in [0.3, 0.4) is 0 Å². The summed E-state index contributed by atoms with van der Waals surface area (Å²) in [5, 5.41) is 35.0. The van der Waals surface area contributed by atoms with Crippen LogP contribution in [0, 0.1) is 70.4 Å².